The fraction of sp³-hybridized carbons (Fsp3) is 0.115. The van der Waals surface area contributed by atoms with Crippen LogP contribution in [0.5, 0.6) is 0 Å². The quantitative estimate of drug-likeness (QED) is 0.391. The maximum Gasteiger partial charge on any atom is 0.154 e. The molecule has 0 atom stereocenters. The summed E-state index contributed by atoms with van der Waals surface area (Å²) >= 11 is 0. The van der Waals surface area contributed by atoms with Crippen LogP contribution in [-0.4, -0.2) is 19.6 Å². The van der Waals surface area contributed by atoms with E-state index in [1.54, 1.807) is 6.20 Å². The number of nitrogens with zero attached hydrogens (tertiary/aromatic N) is 4. The minimum atomic E-state index is 0.785. The minimum Gasteiger partial charge on any atom is -0.340 e. The Hall–Kier alpha value is -3.99. The first kappa shape index (κ1) is 19.0. The summed E-state index contributed by atoms with van der Waals surface area (Å²) in [6.45, 7) is 6.32. The summed E-state index contributed by atoms with van der Waals surface area (Å²) in [5, 5.41) is 8.05. The molecule has 3 aromatic heterocycles. The first-order chi connectivity index (χ1) is 15.1. The Bertz CT molecular complexity index is 1400. The Morgan fingerprint density at radius 1 is 0.806 bits per heavy atom. The molecule has 0 saturated heterocycles. The molecule has 0 fully saturated rings. The van der Waals surface area contributed by atoms with E-state index in [0.717, 1.165) is 39.7 Å². The number of pyridine rings is 1. The van der Waals surface area contributed by atoms with Crippen molar-refractivity contribution < 1.29 is 0 Å². The molecule has 1 N–H and O–H groups in total. The van der Waals surface area contributed by atoms with Crippen molar-refractivity contribution in [1.82, 2.24) is 19.6 Å². The van der Waals surface area contributed by atoms with Crippen molar-refractivity contribution in [2.24, 2.45) is 0 Å². The second-order valence-corrected chi connectivity index (χ2v) is 7.77. The van der Waals surface area contributed by atoms with E-state index in [-0.39, 0.29) is 0 Å². The lowest BCUT2D eigenvalue weighted by Crippen LogP contribution is -1.99. The van der Waals surface area contributed by atoms with Crippen molar-refractivity contribution in [2.75, 3.05) is 5.32 Å². The molecule has 0 spiro atoms. The van der Waals surface area contributed by atoms with E-state index in [9.17, 15) is 0 Å². The zero-order chi connectivity index (χ0) is 21.4. The highest BCUT2D eigenvalue weighted by Gasteiger charge is 2.17. The van der Waals surface area contributed by atoms with Gasteiger partial charge in [-0.2, -0.15) is 5.10 Å². The minimum absolute atomic E-state index is 0.785. The van der Waals surface area contributed by atoms with Crippen LogP contribution in [0.15, 0.2) is 79.1 Å². The number of nitrogens with one attached hydrogen (secondary N) is 1. The molecule has 2 aromatic carbocycles. The van der Waals surface area contributed by atoms with Gasteiger partial charge in [0.1, 0.15) is 11.5 Å². The number of imidazole rings is 1. The molecule has 3 heterocycles. The molecule has 152 valence electrons. The Balaban J connectivity index is 1.65. The van der Waals surface area contributed by atoms with Crippen molar-refractivity contribution in [3.63, 3.8) is 0 Å². The van der Waals surface area contributed by atoms with E-state index in [1.807, 2.05) is 28.9 Å². The molecule has 5 nitrogen and oxygen atoms in total. The van der Waals surface area contributed by atoms with Gasteiger partial charge in [-0.1, -0.05) is 35.9 Å². The van der Waals surface area contributed by atoms with Crippen molar-refractivity contribution in [3.05, 3.63) is 95.8 Å². The average Bonchev–Trinajstić information content (AvgIpc) is 3.17. The Morgan fingerprint density at radius 3 is 2.55 bits per heavy atom. The van der Waals surface area contributed by atoms with Gasteiger partial charge in [0.15, 0.2) is 5.65 Å². The molecule has 5 aromatic rings. The molecule has 0 radical (unpaired) electrons. The SMILES string of the molecule is Cc1cccc(-c2nc3cccnn3c2-c2ccnc(Nc3cccc(C)c3C)c2)c1. The molecule has 5 heteroatoms. The lowest BCUT2D eigenvalue weighted by Gasteiger charge is -2.12. The zero-order valence-electron chi connectivity index (χ0n) is 17.8. The van der Waals surface area contributed by atoms with E-state index >= 15 is 0 Å². The highest BCUT2D eigenvalue weighted by Crippen LogP contribution is 2.34. The van der Waals surface area contributed by atoms with Gasteiger partial charge in [-0.3, -0.25) is 0 Å². The van der Waals surface area contributed by atoms with Crippen molar-refractivity contribution >= 4 is 17.2 Å². The van der Waals surface area contributed by atoms with Gasteiger partial charge >= 0.3 is 0 Å². The number of aryl methyl sites for hydroxylation is 2. The number of hydrogen-bond acceptors (Lipinski definition) is 4. The molecule has 0 amide bonds. The van der Waals surface area contributed by atoms with E-state index in [0.29, 0.717) is 0 Å². The van der Waals surface area contributed by atoms with Gasteiger partial charge in [-0.05, 0) is 68.3 Å². The molecule has 31 heavy (non-hydrogen) atoms. The highest BCUT2D eigenvalue weighted by atomic mass is 15.3. The maximum absolute atomic E-state index is 4.90. The largest absolute Gasteiger partial charge is 0.340 e. The van der Waals surface area contributed by atoms with Gasteiger partial charge in [-0.25, -0.2) is 14.5 Å². The molecular weight excluding hydrogens is 382 g/mol. The molecular formula is C26H23N5. The Labute approximate surface area is 181 Å². The third-order valence-electron chi connectivity index (χ3n) is 5.59. The molecule has 0 bridgehead atoms. The van der Waals surface area contributed by atoms with Crippen molar-refractivity contribution in [1.29, 1.82) is 0 Å². The second-order valence-electron chi connectivity index (χ2n) is 7.77. The van der Waals surface area contributed by atoms with Crippen molar-refractivity contribution in [3.8, 4) is 22.5 Å². The number of rotatable bonds is 4. The summed E-state index contributed by atoms with van der Waals surface area (Å²) in [5.74, 6) is 0.785. The summed E-state index contributed by atoms with van der Waals surface area (Å²) < 4.78 is 1.90. The number of fused-ring (bicyclic) bond motifs is 1. The standard InChI is InChI=1S/C26H23N5/c1-17-7-4-9-20(15-17)25-26(31-24(30-25)11-6-13-28-31)21-12-14-27-23(16-21)29-22-10-5-8-18(2)19(22)3/h4-16H,1-3H3,(H,27,29). The van der Waals surface area contributed by atoms with Gasteiger partial charge in [0.2, 0.25) is 0 Å². The first-order valence-electron chi connectivity index (χ1n) is 10.3. The maximum atomic E-state index is 4.90. The predicted octanol–water partition coefficient (Wildman–Crippen LogP) is 6.13. The Kier molecular flexibility index (Phi) is 4.71. The number of aromatic nitrogens is 4. The van der Waals surface area contributed by atoms with Crippen LogP contribution in [0.2, 0.25) is 0 Å². The average molecular weight is 406 g/mol. The third-order valence-corrected chi connectivity index (χ3v) is 5.59. The van der Waals surface area contributed by atoms with Gasteiger partial charge in [0.25, 0.3) is 0 Å². The topological polar surface area (TPSA) is 55.1 Å². The van der Waals surface area contributed by atoms with E-state index in [4.69, 9.17) is 4.98 Å². The second kappa shape index (κ2) is 7.69. The van der Waals surface area contributed by atoms with Crippen LogP contribution in [0, 0.1) is 20.8 Å². The fourth-order valence-electron chi connectivity index (χ4n) is 3.81. The highest BCUT2D eigenvalue weighted by molar-refractivity contribution is 5.83. The van der Waals surface area contributed by atoms with Crippen LogP contribution in [0.1, 0.15) is 16.7 Å². The molecule has 0 aliphatic carbocycles. The first-order valence-corrected chi connectivity index (χ1v) is 10.3. The van der Waals surface area contributed by atoms with Gasteiger partial charge < -0.3 is 5.32 Å². The predicted molar refractivity (Wildman–Crippen MR) is 126 cm³/mol. The van der Waals surface area contributed by atoms with Crippen LogP contribution < -0.4 is 5.32 Å². The zero-order valence-corrected chi connectivity index (χ0v) is 17.8. The van der Waals surface area contributed by atoms with Crippen molar-refractivity contribution in [2.45, 2.75) is 20.8 Å². The van der Waals surface area contributed by atoms with Crippen LogP contribution in [-0.2, 0) is 0 Å². The summed E-state index contributed by atoms with van der Waals surface area (Å²) in [5.41, 5.74) is 9.46. The van der Waals surface area contributed by atoms with Crippen LogP contribution in [0.4, 0.5) is 11.5 Å². The van der Waals surface area contributed by atoms with Gasteiger partial charge in [0.05, 0.1) is 5.69 Å². The third kappa shape index (κ3) is 3.55. The number of anilines is 2. The number of benzene rings is 2. The summed E-state index contributed by atoms with van der Waals surface area (Å²) in [6, 6.07) is 22.6. The smallest absolute Gasteiger partial charge is 0.154 e. The molecule has 0 aliphatic heterocycles. The lowest BCUT2D eigenvalue weighted by atomic mass is 10.0. The van der Waals surface area contributed by atoms with Crippen LogP contribution >= 0.6 is 0 Å². The van der Waals surface area contributed by atoms with E-state index < -0.39 is 0 Å². The normalized spacial score (nSPS) is 11.1. The van der Waals surface area contributed by atoms with Crippen LogP contribution in [0.25, 0.3) is 28.2 Å². The van der Waals surface area contributed by atoms with Gasteiger partial charge in [-0.15, -0.1) is 0 Å². The number of hydrogen-bond donors (Lipinski definition) is 1. The van der Waals surface area contributed by atoms with E-state index in [1.165, 1.54) is 16.7 Å². The molecule has 0 saturated carbocycles. The van der Waals surface area contributed by atoms with Gasteiger partial charge in [0, 0.05) is 29.2 Å². The summed E-state index contributed by atoms with van der Waals surface area (Å²) in [6.07, 6.45) is 3.61. The molecule has 0 aliphatic rings. The van der Waals surface area contributed by atoms with E-state index in [2.05, 4.69) is 84.7 Å². The lowest BCUT2D eigenvalue weighted by molar-refractivity contribution is 0.942. The molecule has 5 rings (SSSR count). The molecule has 0 unspecified atom stereocenters. The monoisotopic (exact) mass is 405 g/mol. The summed E-state index contributed by atoms with van der Waals surface area (Å²) in [4.78, 5) is 9.45. The summed E-state index contributed by atoms with van der Waals surface area (Å²) in [7, 11) is 0. The fourth-order valence-corrected chi connectivity index (χ4v) is 3.81. The van der Waals surface area contributed by atoms with Crippen LogP contribution in [0.3, 0.4) is 0 Å². The Morgan fingerprint density at radius 2 is 1.68 bits per heavy atom.